The molecule has 0 spiro atoms. The van der Waals surface area contributed by atoms with Crippen molar-refractivity contribution < 1.29 is 28.6 Å². The topological polar surface area (TPSA) is 102 Å². The van der Waals surface area contributed by atoms with Crippen molar-refractivity contribution in [3.05, 3.63) is 117 Å². The van der Waals surface area contributed by atoms with Crippen molar-refractivity contribution in [1.29, 1.82) is 0 Å². The molecule has 40 heavy (non-hydrogen) atoms. The summed E-state index contributed by atoms with van der Waals surface area (Å²) in [7, 11) is 1.53. The summed E-state index contributed by atoms with van der Waals surface area (Å²) in [5.41, 5.74) is 2.35. The minimum atomic E-state index is -1.00. The summed E-state index contributed by atoms with van der Waals surface area (Å²) >= 11 is 4.84. The molecule has 2 heterocycles. The van der Waals surface area contributed by atoms with Gasteiger partial charge in [-0.3, -0.25) is 9.69 Å². The molecule has 0 atom stereocenters. The van der Waals surface area contributed by atoms with Crippen molar-refractivity contribution in [2.24, 2.45) is 4.99 Å². The fourth-order valence-corrected chi connectivity index (χ4v) is 5.54. The van der Waals surface area contributed by atoms with Crippen LogP contribution in [0, 0.1) is 0 Å². The lowest BCUT2D eigenvalue weighted by molar-refractivity contribution is -0.122. The number of carboxylic acids is 1. The number of hydrogen-bond acceptors (Lipinski definition) is 7. The summed E-state index contributed by atoms with van der Waals surface area (Å²) in [6.07, 6.45) is 3.35. The van der Waals surface area contributed by atoms with E-state index >= 15 is 0 Å². The number of benzene rings is 3. The summed E-state index contributed by atoms with van der Waals surface area (Å²) in [6.45, 7) is 0.399. The number of carbonyl (C=O) groups excluding carboxylic acids is 1. The van der Waals surface area contributed by atoms with Crippen LogP contribution in [0.4, 0.5) is 5.69 Å². The third kappa shape index (κ3) is 6.30. The number of halogens is 1. The Hall–Kier alpha value is -4.28. The second-order valence-electron chi connectivity index (χ2n) is 8.64. The molecule has 202 valence electrons. The molecule has 0 saturated carbocycles. The van der Waals surface area contributed by atoms with Crippen molar-refractivity contribution in [1.82, 2.24) is 4.90 Å². The quantitative estimate of drug-likeness (QED) is 0.199. The van der Waals surface area contributed by atoms with Crippen LogP contribution in [-0.4, -0.2) is 34.2 Å². The molecule has 0 radical (unpaired) electrons. The second-order valence-corrected chi connectivity index (χ2v) is 10.5. The Bertz CT molecular complexity index is 1600. The smallest absolute Gasteiger partial charge is 0.335 e. The van der Waals surface area contributed by atoms with Crippen molar-refractivity contribution >= 4 is 56.5 Å². The molecular formula is C30H23BrN2O6S. The molecular weight excluding hydrogens is 596 g/mol. The van der Waals surface area contributed by atoms with Crippen LogP contribution in [0.5, 0.6) is 11.5 Å². The number of carboxylic acid groups (broad SMARTS) is 1. The summed E-state index contributed by atoms with van der Waals surface area (Å²) in [5, 5.41) is 9.79. The zero-order valence-electron chi connectivity index (χ0n) is 21.2. The molecule has 5 rings (SSSR count). The minimum Gasteiger partial charge on any atom is -0.493 e. The zero-order valence-corrected chi connectivity index (χ0v) is 23.6. The highest BCUT2D eigenvalue weighted by molar-refractivity contribution is 9.10. The first-order chi connectivity index (χ1) is 19.4. The standard InChI is InChI=1S/C30H23BrN2O6S/c1-37-25-15-20(14-24(31)27(25)39-18-19-7-5-8-21(13-19)29(35)36)16-26-28(34)33(17-23-11-6-12-38-23)30(40-26)32-22-9-3-2-4-10-22/h2-16H,17-18H2,1H3,(H,35,36). The number of aromatic carboxylic acids is 1. The maximum absolute atomic E-state index is 13.5. The molecule has 1 amide bonds. The number of amides is 1. The van der Waals surface area contributed by atoms with Gasteiger partial charge in [0.2, 0.25) is 0 Å². The molecule has 3 aromatic carbocycles. The first kappa shape index (κ1) is 27.3. The van der Waals surface area contributed by atoms with E-state index in [-0.39, 0.29) is 24.6 Å². The van der Waals surface area contributed by atoms with Crippen LogP contribution in [0.25, 0.3) is 6.08 Å². The van der Waals surface area contributed by atoms with Crippen molar-refractivity contribution in [3.8, 4) is 11.5 Å². The Morgan fingerprint density at radius 1 is 1.10 bits per heavy atom. The van der Waals surface area contributed by atoms with Gasteiger partial charge < -0.3 is 19.0 Å². The van der Waals surface area contributed by atoms with Crippen LogP contribution in [0.2, 0.25) is 0 Å². The zero-order chi connectivity index (χ0) is 28.1. The number of para-hydroxylation sites is 1. The van der Waals surface area contributed by atoms with Crippen LogP contribution >= 0.6 is 27.7 Å². The number of amidine groups is 1. The van der Waals surface area contributed by atoms with Gasteiger partial charge in [-0.25, -0.2) is 9.79 Å². The molecule has 4 aromatic rings. The molecule has 0 unspecified atom stereocenters. The molecule has 8 nitrogen and oxygen atoms in total. The van der Waals surface area contributed by atoms with Gasteiger partial charge >= 0.3 is 5.97 Å². The van der Waals surface area contributed by atoms with Crippen molar-refractivity contribution in [3.63, 3.8) is 0 Å². The van der Waals surface area contributed by atoms with Crippen molar-refractivity contribution in [2.45, 2.75) is 13.2 Å². The molecule has 1 fully saturated rings. The van der Waals surface area contributed by atoms with E-state index in [2.05, 4.69) is 15.9 Å². The predicted molar refractivity (Wildman–Crippen MR) is 157 cm³/mol. The maximum atomic E-state index is 13.5. The average molecular weight is 619 g/mol. The summed E-state index contributed by atoms with van der Waals surface area (Å²) < 4.78 is 17.7. The first-order valence-electron chi connectivity index (χ1n) is 12.1. The van der Waals surface area contributed by atoms with E-state index in [0.29, 0.717) is 37.4 Å². The van der Waals surface area contributed by atoms with E-state index in [1.54, 1.807) is 47.6 Å². The lowest BCUT2D eigenvalue weighted by Gasteiger charge is -2.14. The number of furan rings is 1. The molecule has 0 bridgehead atoms. The van der Waals surface area contributed by atoms with Crippen LogP contribution in [0.1, 0.15) is 27.2 Å². The number of hydrogen-bond donors (Lipinski definition) is 1. The molecule has 1 N–H and O–H groups in total. The fourth-order valence-electron chi connectivity index (χ4n) is 3.97. The van der Waals surface area contributed by atoms with Gasteiger partial charge in [0.05, 0.1) is 40.5 Å². The summed E-state index contributed by atoms with van der Waals surface area (Å²) in [5.74, 6) is 0.371. The normalized spacial score (nSPS) is 15.2. The second kappa shape index (κ2) is 12.3. The Morgan fingerprint density at radius 2 is 1.93 bits per heavy atom. The predicted octanol–water partition coefficient (Wildman–Crippen LogP) is 7.13. The molecule has 10 heteroatoms. The molecule has 1 aliphatic rings. The molecule has 0 aliphatic carbocycles. The van der Waals surface area contributed by atoms with Gasteiger partial charge in [-0.1, -0.05) is 30.3 Å². The third-order valence-corrected chi connectivity index (χ3v) is 7.47. The number of aliphatic imine (C=N–C) groups is 1. The highest BCUT2D eigenvalue weighted by atomic mass is 79.9. The maximum Gasteiger partial charge on any atom is 0.335 e. The van der Waals surface area contributed by atoms with Gasteiger partial charge in [0.25, 0.3) is 5.91 Å². The van der Waals surface area contributed by atoms with Gasteiger partial charge in [0.1, 0.15) is 12.4 Å². The highest BCUT2D eigenvalue weighted by Crippen LogP contribution is 2.40. The van der Waals surface area contributed by atoms with E-state index in [1.807, 2.05) is 42.5 Å². The average Bonchev–Trinajstić information content (AvgIpc) is 3.57. The number of rotatable bonds is 9. The monoisotopic (exact) mass is 618 g/mol. The van der Waals surface area contributed by atoms with E-state index in [4.69, 9.17) is 18.9 Å². The van der Waals surface area contributed by atoms with Gasteiger partial charge in [-0.15, -0.1) is 0 Å². The molecule has 1 aliphatic heterocycles. The van der Waals surface area contributed by atoms with E-state index in [0.717, 1.165) is 11.3 Å². The van der Waals surface area contributed by atoms with Gasteiger partial charge in [0, 0.05) is 0 Å². The first-order valence-corrected chi connectivity index (χ1v) is 13.7. The lowest BCUT2D eigenvalue weighted by atomic mass is 10.1. The van der Waals surface area contributed by atoms with Gasteiger partial charge in [0.15, 0.2) is 16.7 Å². The van der Waals surface area contributed by atoms with E-state index < -0.39 is 5.97 Å². The number of ether oxygens (including phenoxy) is 2. The minimum absolute atomic E-state index is 0.145. The Balaban J connectivity index is 1.41. The van der Waals surface area contributed by atoms with Gasteiger partial charge in [-0.05, 0) is 93.4 Å². The van der Waals surface area contributed by atoms with Crippen LogP contribution < -0.4 is 9.47 Å². The molecule has 1 aromatic heterocycles. The van der Waals surface area contributed by atoms with Crippen LogP contribution in [-0.2, 0) is 17.9 Å². The Kier molecular flexibility index (Phi) is 8.37. The lowest BCUT2D eigenvalue weighted by Crippen LogP contribution is -2.28. The number of thioether (sulfide) groups is 1. The Morgan fingerprint density at radius 3 is 2.65 bits per heavy atom. The SMILES string of the molecule is COc1cc(C=C2SC(=Nc3ccccc3)N(Cc3ccco3)C2=O)cc(Br)c1OCc1cccc(C(=O)O)c1. The highest BCUT2D eigenvalue weighted by Gasteiger charge is 2.34. The fraction of sp³-hybridized carbons (Fsp3) is 0.100. The van der Waals surface area contributed by atoms with Crippen LogP contribution in [0.15, 0.2) is 104 Å². The summed E-state index contributed by atoms with van der Waals surface area (Å²) in [4.78, 5) is 31.6. The third-order valence-electron chi connectivity index (χ3n) is 5.87. The van der Waals surface area contributed by atoms with Gasteiger partial charge in [-0.2, -0.15) is 0 Å². The van der Waals surface area contributed by atoms with Crippen molar-refractivity contribution in [2.75, 3.05) is 7.11 Å². The largest absolute Gasteiger partial charge is 0.493 e. The summed E-state index contributed by atoms with van der Waals surface area (Å²) in [6, 6.07) is 23.2. The Labute approximate surface area is 243 Å². The van der Waals surface area contributed by atoms with E-state index in [1.165, 1.54) is 24.9 Å². The van der Waals surface area contributed by atoms with Crippen LogP contribution in [0.3, 0.4) is 0 Å². The molecule has 1 saturated heterocycles. The number of methoxy groups -OCH3 is 1. The number of nitrogens with zero attached hydrogens (tertiary/aromatic N) is 2. The number of carbonyl (C=O) groups is 2. The van der Waals surface area contributed by atoms with E-state index in [9.17, 15) is 14.7 Å².